The molecule has 3 rings (SSSR count). The molecule has 0 aliphatic carbocycles. The van der Waals surface area contributed by atoms with Crippen LogP contribution in [-0.2, 0) is 11.2 Å². The maximum Gasteiger partial charge on any atom is 0.0642 e. The molecule has 0 spiro atoms. The summed E-state index contributed by atoms with van der Waals surface area (Å²) in [5.41, 5.74) is 2.53. The van der Waals surface area contributed by atoms with Crippen molar-refractivity contribution in [1.82, 2.24) is 5.32 Å². The average Bonchev–Trinajstić information content (AvgIpc) is 2.49. The maximum atomic E-state index is 6.49. The van der Waals surface area contributed by atoms with Crippen LogP contribution in [0.5, 0.6) is 0 Å². The fourth-order valence-electron chi connectivity index (χ4n) is 3.16. The second kappa shape index (κ2) is 6.79. The highest BCUT2D eigenvalue weighted by Gasteiger charge is 2.17. The van der Waals surface area contributed by atoms with E-state index in [1.165, 1.54) is 18.4 Å². The highest BCUT2D eigenvalue weighted by molar-refractivity contribution is 6.33. The van der Waals surface area contributed by atoms with Crippen molar-refractivity contribution in [1.29, 1.82) is 0 Å². The van der Waals surface area contributed by atoms with Gasteiger partial charge in [-0.15, -0.1) is 0 Å². The molecule has 2 fully saturated rings. The number of morpholine rings is 1. The zero-order chi connectivity index (χ0) is 13.8. The van der Waals surface area contributed by atoms with Gasteiger partial charge in [0.2, 0.25) is 0 Å². The number of nitrogens with zero attached hydrogens (tertiary/aromatic N) is 1. The number of anilines is 1. The fourth-order valence-corrected chi connectivity index (χ4v) is 3.48. The van der Waals surface area contributed by atoms with E-state index in [2.05, 4.69) is 28.4 Å². The molecule has 4 heteroatoms. The number of rotatable bonds is 3. The predicted octanol–water partition coefficient (Wildman–Crippen LogP) is 2.72. The van der Waals surface area contributed by atoms with Crippen molar-refractivity contribution in [3.63, 3.8) is 0 Å². The first kappa shape index (κ1) is 14.2. The second-order valence-electron chi connectivity index (χ2n) is 5.78. The van der Waals surface area contributed by atoms with Gasteiger partial charge in [0.25, 0.3) is 0 Å². The van der Waals surface area contributed by atoms with E-state index >= 15 is 0 Å². The molecule has 3 nitrogen and oxygen atoms in total. The summed E-state index contributed by atoms with van der Waals surface area (Å²) in [6.07, 6.45) is 3.72. The first-order valence-electron chi connectivity index (χ1n) is 7.65. The second-order valence-corrected chi connectivity index (χ2v) is 6.19. The zero-order valence-electron chi connectivity index (χ0n) is 11.9. The maximum absolute atomic E-state index is 6.49. The van der Waals surface area contributed by atoms with Crippen LogP contribution in [0.3, 0.4) is 0 Å². The SMILES string of the molecule is Clc1cc(CC2CCNCC2)ccc1N1CCOCC1. The van der Waals surface area contributed by atoms with Gasteiger partial charge in [-0.05, 0) is 56.0 Å². The zero-order valence-corrected chi connectivity index (χ0v) is 12.7. The standard InChI is InChI=1S/C16H23ClN2O/c17-15-12-14(11-13-3-5-18-6-4-13)1-2-16(15)19-7-9-20-10-8-19/h1-2,12-13,18H,3-11H2. The molecule has 1 aromatic carbocycles. The molecule has 1 aromatic rings. The molecule has 1 N–H and O–H groups in total. The van der Waals surface area contributed by atoms with E-state index in [9.17, 15) is 0 Å². The van der Waals surface area contributed by atoms with E-state index in [1.54, 1.807) is 0 Å². The highest BCUT2D eigenvalue weighted by Crippen LogP contribution is 2.29. The van der Waals surface area contributed by atoms with Crippen LogP contribution in [0, 0.1) is 5.92 Å². The molecule has 0 atom stereocenters. The van der Waals surface area contributed by atoms with Crippen LogP contribution in [0.25, 0.3) is 0 Å². The van der Waals surface area contributed by atoms with Crippen molar-refractivity contribution in [3.8, 4) is 0 Å². The van der Waals surface area contributed by atoms with Crippen LogP contribution < -0.4 is 10.2 Å². The van der Waals surface area contributed by atoms with Gasteiger partial charge in [0.1, 0.15) is 0 Å². The van der Waals surface area contributed by atoms with Gasteiger partial charge >= 0.3 is 0 Å². The number of nitrogens with one attached hydrogen (secondary N) is 1. The summed E-state index contributed by atoms with van der Waals surface area (Å²) in [6, 6.07) is 6.59. The smallest absolute Gasteiger partial charge is 0.0642 e. The van der Waals surface area contributed by atoms with Gasteiger partial charge in [0, 0.05) is 13.1 Å². The van der Waals surface area contributed by atoms with Crippen LogP contribution in [0.4, 0.5) is 5.69 Å². The lowest BCUT2D eigenvalue weighted by atomic mass is 9.91. The minimum atomic E-state index is 0.799. The number of piperidine rings is 1. The fraction of sp³-hybridized carbons (Fsp3) is 0.625. The molecule has 0 aromatic heterocycles. The third-order valence-electron chi connectivity index (χ3n) is 4.35. The van der Waals surface area contributed by atoms with E-state index in [1.807, 2.05) is 0 Å². The Balaban J connectivity index is 1.66. The van der Waals surface area contributed by atoms with Crippen molar-refractivity contribution in [2.45, 2.75) is 19.3 Å². The van der Waals surface area contributed by atoms with Crippen LogP contribution in [-0.4, -0.2) is 39.4 Å². The van der Waals surface area contributed by atoms with Crippen molar-refractivity contribution in [2.75, 3.05) is 44.3 Å². The topological polar surface area (TPSA) is 24.5 Å². The Morgan fingerprint density at radius 3 is 2.65 bits per heavy atom. The van der Waals surface area contributed by atoms with E-state index in [0.29, 0.717) is 0 Å². The first-order chi connectivity index (χ1) is 9.83. The minimum Gasteiger partial charge on any atom is -0.378 e. The van der Waals surface area contributed by atoms with Gasteiger partial charge in [-0.1, -0.05) is 17.7 Å². The molecular weight excluding hydrogens is 272 g/mol. The minimum absolute atomic E-state index is 0.799. The Kier molecular flexibility index (Phi) is 4.81. The molecule has 0 unspecified atom stereocenters. The molecule has 0 amide bonds. The van der Waals surface area contributed by atoms with Gasteiger partial charge in [-0.2, -0.15) is 0 Å². The third-order valence-corrected chi connectivity index (χ3v) is 4.65. The highest BCUT2D eigenvalue weighted by atomic mass is 35.5. The van der Waals surface area contributed by atoms with Gasteiger partial charge in [0.05, 0.1) is 23.9 Å². The molecule has 20 heavy (non-hydrogen) atoms. The Morgan fingerprint density at radius 1 is 1.20 bits per heavy atom. The Bertz CT molecular complexity index is 440. The average molecular weight is 295 g/mol. The van der Waals surface area contributed by atoms with Crippen molar-refractivity contribution < 1.29 is 4.74 Å². The summed E-state index contributed by atoms with van der Waals surface area (Å²) in [6.45, 7) is 5.79. The molecule has 2 aliphatic rings. The molecule has 110 valence electrons. The van der Waals surface area contributed by atoms with Crippen molar-refractivity contribution in [2.24, 2.45) is 5.92 Å². The summed E-state index contributed by atoms with van der Waals surface area (Å²) in [5.74, 6) is 0.807. The summed E-state index contributed by atoms with van der Waals surface area (Å²) < 4.78 is 5.39. The monoisotopic (exact) mass is 294 g/mol. The number of benzene rings is 1. The van der Waals surface area contributed by atoms with Gasteiger partial charge < -0.3 is 15.0 Å². The molecule has 2 saturated heterocycles. The van der Waals surface area contributed by atoms with E-state index in [4.69, 9.17) is 16.3 Å². The number of hydrogen-bond acceptors (Lipinski definition) is 3. The Morgan fingerprint density at radius 2 is 1.95 bits per heavy atom. The van der Waals surface area contributed by atoms with Gasteiger partial charge in [-0.25, -0.2) is 0 Å². The van der Waals surface area contributed by atoms with Gasteiger partial charge in [-0.3, -0.25) is 0 Å². The molecule has 0 bridgehead atoms. The summed E-state index contributed by atoms with van der Waals surface area (Å²) in [5, 5.41) is 4.31. The van der Waals surface area contributed by atoms with Crippen molar-refractivity contribution in [3.05, 3.63) is 28.8 Å². The lowest BCUT2D eigenvalue weighted by Crippen LogP contribution is -2.36. The number of ether oxygens (including phenoxy) is 1. The predicted molar refractivity (Wildman–Crippen MR) is 83.8 cm³/mol. The summed E-state index contributed by atoms with van der Waals surface area (Å²) >= 11 is 6.49. The number of hydrogen-bond donors (Lipinski definition) is 1. The quantitative estimate of drug-likeness (QED) is 0.928. The molecule has 0 radical (unpaired) electrons. The van der Waals surface area contributed by atoms with Crippen molar-refractivity contribution >= 4 is 17.3 Å². The van der Waals surface area contributed by atoms with Crippen LogP contribution >= 0.6 is 11.6 Å². The largest absolute Gasteiger partial charge is 0.378 e. The van der Waals surface area contributed by atoms with Crippen LogP contribution in [0.15, 0.2) is 18.2 Å². The van der Waals surface area contributed by atoms with E-state index in [0.717, 1.165) is 62.4 Å². The molecule has 2 heterocycles. The van der Waals surface area contributed by atoms with E-state index < -0.39 is 0 Å². The third kappa shape index (κ3) is 3.46. The van der Waals surface area contributed by atoms with Gasteiger partial charge in [0.15, 0.2) is 0 Å². The first-order valence-corrected chi connectivity index (χ1v) is 8.02. The Labute approximate surface area is 126 Å². The summed E-state index contributed by atoms with van der Waals surface area (Å²) in [7, 11) is 0. The number of halogens is 1. The van der Waals surface area contributed by atoms with E-state index in [-0.39, 0.29) is 0 Å². The molecular formula is C16H23ClN2O. The molecule has 2 aliphatic heterocycles. The van der Waals surface area contributed by atoms with Crippen LogP contribution in [0.1, 0.15) is 18.4 Å². The normalized spacial score (nSPS) is 21.1. The lowest BCUT2D eigenvalue weighted by molar-refractivity contribution is 0.122. The molecule has 0 saturated carbocycles. The lowest BCUT2D eigenvalue weighted by Gasteiger charge is -2.30. The van der Waals surface area contributed by atoms with Crippen LogP contribution in [0.2, 0.25) is 5.02 Å². The Hall–Kier alpha value is -0.770. The summed E-state index contributed by atoms with van der Waals surface area (Å²) in [4.78, 5) is 2.32.